The van der Waals surface area contributed by atoms with Gasteiger partial charge in [0.25, 0.3) is 0 Å². The van der Waals surface area contributed by atoms with E-state index >= 15 is 0 Å². The van der Waals surface area contributed by atoms with E-state index in [9.17, 15) is 0 Å². The van der Waals surface area contributed by atoms with Crippen LogP contribution in [-0.2, 0) is 0 Å². The van der Waals surface area contributed by atoms with Crippen LogP contribution in [0.15, 0.2) is 48.5 Å². The number of methoxy groups -OCH3 is 1. The van der Waals surface area contributed by atoms with Crippen LogP contribution >= 0.6 is 23.2 Å². The van der Waals surface area contributed by atoms with Crippen molar-refractivity contribution in [3.63, 3.8) is 0 Å². The summed E-state index contributed by atoms with van der Waals surface area (Å²) in [4.78, 5) is 4.40. The van der Waals surface area contributed by atoms with E-state index in [1.807, 2.05) is 30.3 Å². The molecule has 22 heavy (non-hydrogen) atoms. The average Bonchev–Trinajstić information content (AvgIpc) is 2.55. The molecule has 0 aliphatic heterocycles. The molecule has 1 heterocycles. The molecular weight excluding hydrogens is 321 g/mol. The van der Waals surface area contributed by atoms with E-state index in [4.69, 9.17) is 27.9 Å². The van der Waals surface area contributed by atoms with Gasteiger partial charge in [-0.1, -0.05) is 53.5 Å². The van der Waals surface area contributed by atoms with Crippen molar-refractivity contribution in [1.82, 2.24) is 15.2 Å². The first-order chi connectivity index (χ1) is 10.7. The van der Waals surface area contributed by atoms with Crippen LogP contribution in [0.4, 0.5) is 0 Å². The van der Waals surface area contributed by atoms with Gasteiger partial charge in [0.15, 0.2) is 11.5 Å². The van der Waals surface area contributed by atoms with Crippen LogP contribution in [0.3, 0.4) is 0 Å². The van der Waals surface area contributed by atoms with Gasteiger partial charge in [-0.25, -0.2) is 0 Å². The largest absolute Gasteiger partial charge is 0.479 e. The summed E-state index contributed by atoms with van der Waals surface area (Å²) in [6.07, 6.45) is 0. The molecule has 6 heteroatoms. The molecule has 3 rings (SSSR count). The molecule has 0 atom stereocenters. The Bertz CT molecular complexity index is 810. The molecule has 0 saturated heterocycles. The van der Waals surface area contributed by atoms with Crippen LogP contribution in [0, 0.1) is 0 Å². The molecule has 0 amide bonds. The third-order valence-electron chi connectivity index (χ3n) is 3.07. The number of aromatic nitrogens is 3. The smallest absolute Gasteiger partial charge is 0.244 e. The molecule has 0 bridgehead atoms. The number of ether oxygens (including phenoxy) is 1. The number of nitrogens with zero attached hydrogens (tertiary/aromatic N) is 3. The Morgan fingerprint density at radius 2 is 1.73 bits per heavy atom. The first-order valence-corrected chi connectivity index (χ1v) is 7.24. The lowest BCUT2D eigenvalue weighted by Gasteiger charge is -2.08. The fraction of sp³-hybridized carbons (Fsp3) is 0.0625. The number of rotatable bonds is 3. The van der Waals surface area contributed by atoms with Gasteiger partial charge in [-0.2, -0.15) is 4.98 Å². The van der Waals surface area contributed by atoms with Crippen LogP contribution in [0.1, 0.15) is 0 Å². The molecule has 0 spiro atoms. The molecule has 0 aliphatic carbocycles. The third kappa shape index (κ3) is 2.89. The van der Waals surface area contributed by atoms with Crippen LogP contribution in [0.2, 0.25) is 10.0 Å². The Balaban J connectivity index is 2.09. The predicted molar refractivity (Wildman–Crippen MR) is 87.3 cm³/mol. The first kappa shape index (κ1) is 14.8. The zero-order chi connectivity index (χ0) is 15.5. The molecule has 3 aromatic rings. The predicted octanol–water partition coefficient (Wildman–Crippen LogP) is 4.52. The van der Waals surface area contributed by atoms with Gasteiger partial charge in [-0.05, 0) is 18.2 Å². The minimum atomic E-state index is 0.387. The molecule has 110 valence electrons. The molecule has 0 unspecified atom stereocenters. The van der Waals surface area contributed by atoms with Crippen molar-refractivity contribution < 1.29 is 4.74 Å². The number of hydrogen-bond donors (Lipinski definition) is 0. The van der Waals surface area contributed by atoms with Gasteiger partial charge in [-0.3, -0.25) is 0 Å². The SMILES string of the molecule is COc1nc(-c2ccc(Cl)cc2Cl)nnc1-c1ccccc1. The maximum atomic E-state index is 6.18. The maximum Gasteiger partial charge on any atom is 0.244 e. The molecular formula is C16H11Cl2N3O. The Morgan fingerprint density at radius 3 is 2.41 bits per heavy atom. The molecule has 0 radical (unpaired) electrons. The molecule has 0 aliphatic rings. The van der Waals surface area contributed by atoms with Crippen molar-refractivity contribution >= 4 is 23.2 Å². The van der Waals surface area contributed by atoms with Gasteiger partial charge < -0.3 is 4.74 Å². The van der Waals surface area contributed by atoms with Crippen molar-refractivity contribution in [1.29, 1.82) is 0 Å². The highest BCUT2D eigenvalue weighted by Crippen LogP contribution is 2.31. The summed E-state index contributed by atoms with van der Waals surface area (Å²) in [6, 6.07) is 14.7. The van der Waals surface area contributed by atoms with Crippen LogP contribution < -0.4 is 4.74 Å². The van der Waals surface area contributed by atoms with E-state index in [0.717, 1.165) is 5.56 Å². The molecule has 0 saturated carbocycles. The van der Waals surface area contributed by atoms with Gasteiger partial charge in [0.05, 0.1) is 12.1 Å². The number of halogens is 2. The van der Waals surface area contributed by atoms with E-state index < -0.39 is 0 Å². The first-order valence-electron chi connectivity index (χ1n) is 6.48. The molecule has 0 fully saturated rings. The zero-order valence-electron chi connectivity index (χ0n) is 11.6. The summed E-state index contributed by atoms with van der Waals surface area (Å²) in [5.74, 6) is 0.778. The van der Waals surface area contributed by atoms with Gasteiger partial charge in [0, 0.05) is 16.1 Å². The second-order valence-corrected chi connectivity index (χ2v) is 5.33. The molecule has 4 nitrogen and oxygen atoms in total. The highest BCUT2D eigenvalue weighted by molar-refractivity contribution is 6.36. The second kappa shape index (κ2) is 6.30. The summed E-state index contributed by atoms with van der Waals surface area (Å²) >= 11 is 12.1. The van der Waals surface area contributed by atoms with Crippen molar-refractivity contribution in [2.45, 2.75) is 0 Å². The third-order valence-corrected chi connectivity index (χ3v) is 3.62. The van der Waals surface area contributed by atoms with Crippen LogP contribution in [-0.4, -0.2) is 22.3 Å². The summed E-state index contributed by atoms with van der Waals surface area (Å²) < 4.78 is 5.34. The van der Waals surface area contributed by atoms with E-state index in [-0.39, 0.29) is 0 Å². The summed E-state index contributed by atoms with van der Waals surface area (Å²) in [7, 11) is 1.55. The fourth-order valence-electron chi connectivity index (χ4n) is 2.02. The van der Waals surface area contributed by atoms with Gasteiger partial charge in [0.1, 0.15) is 0 Å². The van der Waals surface area contributed by atoms with Crippen molar-refractivity contribution in [2.75, 3.05) is 7.11 Å². The number of benzene rings is 2. The lowest BCUT2D eigenvalue weighted by molar-refractivity contribution is 0.396. The highest BCUT2D eigenvalue weighted by Gasteiger charge is 2.14. The van der Waals surface area contributed by atoms with Crippen LogP contribution in [0.5, 0.6) is 5.88 Å². The summed E-state index contributed by atoms with van der Waals surface area (Å²) in [5.41, 5.74) is 2.11. The summed E-state index contributed by atoms with van der Waals surface area (Å²) in [5, 5.41) is 9.40. The molecule has 0 N–H and O–H groups in total. The normalized spacial score (nSPS) is 10.5. The lowest BCUT2D eigenvalue weighted by Crippen LogP contribution is -2.00. The van der Waals surface area contributed by atoms with E-state index in [1.54, 1.807) is 25.3 Å². The Labute approximate surface area is 137 Å². The van der Waals surface area contributed by atoms with E-state index in [2.05, 4.69) is 15.2 Å². The van der Waals surface area contributed by atoms with Crippen molar-refractivity contribution in [3.8, 4) is 28.5 Å². The molecule has 1 aromatic heterocycles. The minimum Gasteiger partial charge on any atom is -0.479 e. The van der Waals surface area contributed by atoms with Gasteiger partial charge in [-0.15, -0.1) is 10.2 Å². The quantitative estimate of drug-likeness (QED) is 0.707. The highest BCUT2D eigenvalue weighted by atomic mass is 35.5. The van der Waals surface area contributed by atoms with Crippen LogP contribution in [0.25, 0.3) is 22.6 Å². The minimum absolute atomic E-state index is 0.387. The average molecular weight is 332 g/mol. The fourth-order valence-corrected chi connectivity index (χ4v) is 2.51. The Hall–Kier alpha value is -2.17. The van der Waals surface area contributed by atoms with Gasteiger partial charge >= 0.3 is 0 Å². The Kier molecular flexibility index (Phi) is 4.22. The lowest BCUT2D eigenvalue weighted by atomic mass is 10.1. The van der Waals surface area contributed by atoms with Crippen molar-refractivity contribution in [3.05, 3.63) is 58.6 Å². The zero-order valence-corrected chi connectivity index (χ0v) is 13.1. The topological polar surface area (TPSA) is 47.9 Å². The maximum absolute atomic E-state index is 6.18. The standard InChI is InChI=1S/C16H11Cl2N3O/c1-22-16-14(10-5-3-2-4-6-10)20-21-15(19-16)12-8-7-11(17)9-13(12)18/h2-9H,1H3. The second-order valence-electron chi connectivity index (χ2n) is 4.48. The van der Waals surface area contributed by atoms with Gasteiger partial charge in [0.2, 0.25) is 5.88 Å². The Morgan fingerprint density at radius 1 is 0.955 bits per heavy atom. The molecule has 2 aromatic carbocycles. The number of hydrogen-bond acceptors (Lipinski definition) is 4. The summed E-state index contributed by atoms with van der Waals surface area (Å²) in [6.45, 7) is 0. The van der Waals surface area contributed by atoms with E-state index in [0.29, 0.717) is 33.0 Å². The van der Waals surface area contributed by atoms with E-state index in [1.165, 1.54) is 0 Å². The monoisotopic (exact) mass is 331 g/mol. The van der Waals surface area contributed by atoms with Crippen molar-refractivity contribution in [2.24, 2.45) is 0 Å².